The van der Waals surface area contributed by atoms with E-state index >= 15 is 0 Å². The summed E-state index contributed by atoms with van der Waals surface area (Å²) in [5.74, 6) is -0.0281. The predicted molar refractivity (Wildman–Crippen MR) is 58.1 cm³/mol. The largest absolute Gasteiger partial charge is 0.384 e. The van der Waals surface area contributed by atoms with Crippen LogP contribution in [0.2, 0.25) is 0 Å². The molecule has 0 fully saturated rings. The number of ether oxygens (including phenoxy) is 2. The Bertz CT molecular complexity index is 255. The number of hydrogen-bond acceptors (Lipinski definition) is 5. The Hall–Kier alpha value is -0.210. The van der Waals surface area contributed by atoms with Gasteiger partial charge in [-0.15, -0.1) is 0 Å². The van der Waals surface area contributed by atoms with E-state index in [0.717, 1.165) is 0 Å². The van der Waals surface area contributed by atoms with Gasteiger partial charge in [-0.2, -0.15) is 0 Å². The summed E-state index contributed by atoms with van der Waals surface area (Å²) in [6.07, 6.45) is 0. The molecule has 0 aliphatic heterocycles. The lowest BCUT2D eigenvalue weighted by atomic mass is 10.3. The molecule has 0 aliphatic carbocycles. The van der Waals surface area contributed by atoms with Gasteiger partial charge in [-0.25, -0.2) is 12.7 Å². The molecule has 0 bridgehead atoms. The van der Waals surface area contributed by atoms with Crippen LogP contribution in [-0.2, 0) is 19.5 Å². The summed E-state index contributed by atoms with van der Waals surface area (Å²) in [5, 5.41) is 0. The van der Waals surface area contributed by atoms with Crippen LogP contribution in [-0.4, -0.2) is 65.5 Å². The van der Waals surface area contributed by atoms with E-state index in [9.17, 15) is 8.42 Å². The molecule has 15 heavy (non-hydrogen) atoms. The number of methoxy groups -OCH3 is 2. The Morgan fingerprint density at radius 2 is 1.93 bits per heavy atom. The van der Waals surface area contributed by atoms with Gasteiger partial charge in [0.15, 0.2) is 0 Å². The molecule has 0 amide bonds. The first-order valence-electron chi connectivity index (χ1n) is 4.61. The second kappa shape index (κ2) is 7.13. The lowest BCUT2D eigenvalue weighted by molar-refractivity contribution is 0.172. The molecular formula is C8H20N2O4S. The van der Waals surface area contributed by atoms with Crippen molar-refractivity contribution >= 4 is 10.0 Å². The van der Waals surface area contributed by atoms with Gasteiger partial charge in [0.25, 0.3) is 0 Å². The van der Waals surface area contributed by atoms with Gasteiger partial charge < -0.3 is 15.2 Å². The number of nitrogens with two attached hydrogens (primary N) is 1. The Morgan fingerprint density at radius 3 is 2.40 bits per heavy atom. The fourth-order valence-corrected chi connectivity index (χ4v) is 2.16. The minimum absolute atomic E-state index is 0.0281. The van der Waals surface area contributed by atoms with Crippen LogP contribution in [0.15, 0.2) is 0 Å². The molecule has 0 aromatic rings. The van der Waals surface area contributed by atoms with Crippen LogP contribution in [0.25, 0.3) is 0 Å². The maximum Gasteiger partial charge on any atom is 0.216 e. The molecule has 0 heterocycles. The average Bonchev–Trinajstić information content (AvgIpc) is 2.15. The quantitative estimate of drug-likeness (QED) is 0.580. The second-order valence-electron chi connectivity index (χ2n) is 3.30. The molecule has 0 rings (SSSR count). The molecule has 0 saturated carbocycles. The lowest BCUT2D eigenvalue weighted by Crippen LogP contribution is -2.42. The first-order chi connectivity index (χ1) is 6.94. The molecule has 92 valence electrons. The third kappa shape index (κ3) is 6.06. The summed E-state index contributed by atoms with van der Waals surface area (Å²) >= 11 is 0. The zero-order valence-electron chi connectivity index (χ0n) is 9.47. The van der Waals surface area contributed by atoms with Crippen molar-refractivity contribution in [3.63, 3.8) is 0 Å². The van der Waals surface area contributed by atoms with Crippen molar-refractivity contribution in [2.24, 2.45) is 5.73 Å². The highest BCUT2D eigenvalue weighted by molar-refractivity contribution is 7.89. The summed E-state index contributed by atoms with van der Waals surface area (Å²) in [5.41, 5.74) is 5.65. The van der Waals surface area contributed by atoms with Gasteiger partial charge in [0.1, 0.15) is 0 Å². The van der Waals surface area contributed by atoms with E-state index in [0.29, 0.717) is 6.61 Å². The van der Waals surface area contributed by atoms with Crippen LogP contribution < -0.4 is 5.73 Å². The third-order valence-electron chi connectivity index (χ3n) is 1.89. The van der Waals surface area contributed by atoms with Crippen molar-refractivity contribution in [3.05, 3.63) is 0 Å². The third-order valence-corrected chi connectivity index (χ3v) is 3.67. The van der Waals surface area contributed by atoms with Crippen LogP contribution in [0.5, 0.6) is 0 Å². The van der Waals surface area contributed by atoms with Crippen LogP contribution in [0.4, 0.5) is 0 Å². The van der Waals surface area contributed by atoms with Crippen molar-refractivity contribution in [1.82, 2.24) is 4.31 Å². The van der Waals surface area contributed by atoms with E-state index in [1.165, 1.54) is 25.6 Å². The molecular weight excluding hydrogens is 220 g/mol. The topological polar surface area (TPSA) is 81.9 Å². The Kier molecular flexibility index (Phi) is 7.03. The first-order valence-corrected chi connectivity index (χ1v) is 6.22. The average molecular weight is 240 g/mol. The molecule has 0 aliphatic rings. The fourth-order valence-electron chi connectivity index (χ4n) is 1.06. The van der Waals surface area contributed by atoms with Crippen molar-refractivity contribution in [3.8, 4) is 0 Å². The lowest BCUT2D eigenvalue weighted by Gasteiger charge is -2.20. The van der Waals surface area contributed by atoms with Crippen LogP contribution in [0.1, 0.15) is 0 Å². The van der Waals surface area contributed by atoms with Gasteiger partial charge in [0.05, 0.1) is 19.0 Å². The number of sulfonamides is 1. The van der Waals surface area contributed by atoms with E-state index in [1.54, 1.807) is 0 Å². The molecule has 0 saturated heterocycles. The summed E-state index contributed by atoms with van der Waals surface area (Å²) in [6.45, 7) is 0.774. The molecule has 2 N–H and O–H groups in total. The van der Waals surface area contributed by atoms with Crippen LogP contribution in [0, 0.1) is 0 Å². The van der Waals surface area contributed by atoms with Gasteiger partial charge >= 0.3 is 0 Å². The summed E-state index contributed by atoms with van der Waals surface area (Å²) in [4.78, 5) is 0. The van der Waals surface area contributed by atoms with Crippen LogP contribution >= 0.6 is 0 Å². The van der Waals surface area contributed by atoms with E-state index < -0.39 is 10.0 Å². The number of rotatable bonds is 8. The van der Waals surface area contributed by atoms with Gasteiger partial charge in [0.2, 0.25) is 10.0 Å². The van der Waals surface area contributed by atoms with E-state index in [2.05, 4.69) is 0 Å². The first kappa shape index (κ1) is 14.8. The summed E-state index contributed by atoms with van der Waals surface area (Å²) in [6, 6.07) is -0.308. The molecule has 1 atom stereocenters. The van der Waals surface area contributed by atoms with Crippen LogP contribution in [0.3, 0.4) is 0 Å². The molecule has 6 nitrogen and oxygen atoms in total. The Balaban J connectivity index is 4.12. The van der Waals surface area contributed by atoms with Crippen molar-refractivity contribution in [2.75, 3.05) is 46.8 Å². The van der Waals surface area contributed by atoms with Crippen molar-refractivity contribution in [2.45, 2.75) is 6.04 Å². The smallest absolute Gasteiger partial charge is 0.216 e. The monoisotopic (exact) mass is 240 g/mol. The van der Waals surface area contributed by atoms with E-state index in [-0.39, 0.29) is 24.9 Å². The SMILES string of the molecule is COCCS(=O)(=O)N(C)CC(N)COC. The van der Waals surface area contributed by atoms with E-state index in [4.69, 9.17) is 15.2 Å². The van der Waals surface area contributed by atoms with E-state index in [1.807, 2.05) is 0 Å². The summed E-state index contributed by atoms with van der Waals surface area (Å²) < 4.78 is 33.9. The zero-order valence-corrected chi connectivity index (χ0v) is 10.3. The maximum atomic E-state index is 11.6. The summed E-state index contributed by atoms with van der Waals surface area (Å²) in [7, 11) is 1.23. The minimum atomic E-state index is -3.26. The molecule has 7 heteroatoms. The van der Waals surface area contributed by atoms with Gasteiger partial charge in [-0.1, -0.05) is 0 Å². The fraction of sp³-hybridized carbons (Fsp3) is 1.00. The second-order valence-corrected chi connectivity index (χ2v) is 5.50. The van der Waals surface area contributed by atoms with Gasteiger partial charge in [-0.3, -0.25) is 0 Å². The highest BCUT2D eigenvalue weighted by Gasteiger charge is 2.19. The molecule has 1 unspecified atom stereocenters. The minimum Gasteiger partial charge on any atom is -0.384 e. The molecule has 0 radical (unpaired) electrons. The zero-order chi connectivity index (χ0) is 11.9. The van der Waals surface area contributed by atoms with Crippen molar-refractivity contribution < 1.29 is 17.9 Å². The highest BCUT2D eigenvalue weighted by atomic mass is 32.2. The Labute approximate surface area is 91.4 Å². The van der Waals surface area contributed by atoms with Gasteiger partial charge in [0, 0.05) is 33.9 Å². The molecule has 0 spiro atoms. The number of likely N-dealkylation sites (N-methyl/N-ethyl adjacent to an activating group) is 1. The molecule has 0 aromatic heterocycles. The highest BCUT2D eigenvalue weighted by Crippen LogP contribution is 1.99. The number of hydrogen-bond donors (Lipinski definition) is 1. The van der Waals surface area contributed by atoms with Crippen molar-refractivity contribution in [1.29, 1.82) is 0 Å². The predicted octanol–water partition coefficient (Wildman–Crippen LogP) is -1.13. The molecule has 0 aromatic carbocycles. The maximum absolute atomic E-state index is 11.6. The van der Waals surface area contributed by atoms with Gasteiger partial charge in [-0.05, 0) is 0 Å². The Morgan fingerprint density at radius 1 is 1.33 bits per heavy atom. The normalized spacial score (nSPS) is 14.5. The number of nitrogens with zero attached hydrogens (tertiary/aromatic N) is 1. The standard InChI is InChI=1S/C8H20N2O4S/c1-10(6-8(9)7-14-3)15(11,12)5-4-13-2/h8H,4-7,9H2,1-3H3.